The number of nitrogens with zero attached hydrogens (tertiary/aromatic N) is 3. The number of hydrogen-bond donors (Lipinski definition) is 0. The van der Waals surface area contributed by atoms with Crippen molar-refractivity contribution in [1.29, 1.82) is 0 Å². The highest BCUT2D eigenvalue weighted by molar-refractivity contribution is 5.54. The number of aromatic nitrogens is 2. The number of benzene rings is 2. The summed E-state index contributed by atoms with van der Waals surface area (Å²) in [6, 6.07) is 14.8. The molecule has 6 heteroatoms. The fraction of sp³-hybridized carbons (Fsp3) is 0.391. The maximum absolute atomic E-state index is 5.88. The lowest BCUT2D eigenvalue weighted by Crippen LogP contribution is -2.23. The van der Waals surface area contributed by atoms with Gasteiger partial charge < -0.3 is 14.0 Å². The first kappa shape index (κ1) is 18.2. The Bertz CT molecular complexity index is 983. The molecular formula is C23H25N3O3. The topological polar surface area (TPSA) is 60.6 Å². The van der Waals surface area contributed by atoms with Crippen LogP contribution in [0.4, 0.5) is 0 Å². The number of hydrogen-bond acceptors (Lipinski definition) is 6. The van der Waals surface area contributed by atoms with E-state index >= 15 is 0 Å². The zero-order chi connectivity index (χ0) is 19.6. The Balaban J connectivity index is 1.33. The van der Waals surface area contributed by atoms with E-state index in [9.17, 15) is 0 Å². The van der Waals surface area contributed by atoms with Crippen LogP contribution in [0.2, 0.25) is 0 Å². The Labute approximate surface area is 170 Å². The molecule has 5 rings (SSSR count). The van der Waals surface area contributed by atoms with Crippen LogP contribution >= 0.6 is 0 Å². The van der Waals surface area contributed by atoms with Crippen LogP contribution in [0.5, 0.6) is 11.5 Å². The summed E-state index contributed by atoms with van der Waals surface area (Å²) in [6.07, 6.45) is 3.18. The van der Waals surface area contributed by atoms with Crippen LogP contribution < -0.4 is 9.47 Å². The van der Waals surface area contributed by atoms with Crippen molar-refractivity contribution in [1.82, 2.24) is 15.0 Å². The second kappa shape index (κ2) is 7.87. The van der Waals surface area contributed by atoms with Gasteiger partial charge in [-0.05, 0) is 44.0 Å². The van der Waals surface area contributed by atoms with Crippen molar-refractivity contribution in [3.05, 3.63) is 59.5 Å². The number of likely N-dealkylation sites (tertiary alicyclic amines) is 1. The summed E-state index contributed by atoms with van der Waals surface area (Å²) in [4.78, 5) is 7.03. The minimum atomic E-state index is 0.321. The molecule has 0 bridgehead atoms. The first-order valence-corrected chi connectivity index (χ1v) is 10.3. The minimum Gasteiger partial charge on any atom is -0.490 e. The highest BCUT2D eigenvalue weighted by Gasteiger charge is 2.28. The summed E-state index contributed by atoms with van der Waals surface area (Å²) < 4.78 is 17.2. The first-order valence-electron chi connectivity index (χ1n) is 10.3. The van der Waals surface area contributed by atoms with E-state index in [-0.39, 0.29) is 0 Å². The minimum absolute atomic E-state index is 0.321. The van der Waals surface area contributed by atoms with Crippen molar-refractivity contribution in [2.45, 2.75) is 38.8 Å². The van der Waals surface area contributed by atoms with E-state index < -0.39 is 0 Å². The molecule has 2 aliphatic rings. The number of fused-ring (bicyclic) bond motifs is 1. The van der Waals surface area contributed by atoms with Crippen molar-refractivity contribution in [2.24, 2.45) is 0 Å². The lowest BCUT2D eigenvalue weighted by atomic mass is 10.0. The second-order valence-corrected chi connectivity index (χ2v) is 7.76. The van der Waals surface area contributed by atoms with Gasteiger partial charge in [0.2, 0.25) is 11.7 Å². The largest absolute Gasteiger partial charge is 0.490 e. The van der Waals surface area contributed by atoms with E-state index in [0.717, 1.165) is 42.9 Å². The monoisotopic (exact) mass is 391 g/mol. The molecule has 3 aromatic rings. The Morgan fingerprint density at radius 3 is 2.69 bits per heavy atom. The van der Waals surface area contributed by atoms with E-state index in [0.29, 0.717) is 37.5 Å². The van der Waals surface area contributed by atoms with Gasteiger partial charge in [0.15, 0.2) is 11.5 Å². The van der Waals surface area contributed by atoms with Crippen LogP contribution in [-0.2, 0) is 6.54 Å². The average Bonchev–Trinajstić information content (AvgIpc) is 3.33. The fourth-order valence-electron chi connectivity index (χ4n) is 4.09. The van der Waals surface area contributed by atoms with Crippen LogP contribution in [0.3, 0.4) is 0 Å². The third-order valence-electron chi connectivity index (χ3n) is 5.64. The molecule has 0 amide bonds. The SMILES string of the molecule is Cc1ccc(-c2noc(CN3CCC[C@H]3c3ccc4c(c3)OCCCO4)n2)cc1. The first-order chi connectivity index (χ1) is 14.3. The second-order valence-electron chi connectivity index (χ2n) is 7.76. The molecule has 2 aliphatic heterocycles. The van der Waals surface area contributed by atoms with E-state index in [1.807, 2.05) is 18.2 Å². The summed E-state index contributed by atoms with van der Waals surface area (Å²) in [5.74, 6) is 3.00. The van der Waals surface area contributed by atoms with E-state index in [1.165, 1.54) is 11.1 Å². The predicted molar refractivity (Wildman–Crippen MR) is 109 cm³/mol. The molecule has 2 aromatic carbocycles. The summed E-state index contributed by atoms with van der Waals surface area (Å²) >= 11 is 0. The van der Waals surface area contributed by atoms with E-state index in [1.54, 1.807) is 0 Å². The van der Waals surface area contributed by atoms with Gasteiger partial charge in [-0.1, -0.05) is 41.1 Å². The zero-order valence-corrected chi connectivity index (χ0v) is 16.6. The van der Waals surface area contributed by atoms with Gasteiger partial charge in [0.1, 0.15) is 0 Å². The van der Waals surface area contributed by atoms with Crippen LogP contribution in [0.1, 0.15) is 42.3 Å². The molecule has 150 valence electrons. The van der Waals surface area contributed by atoms with Crippen LogP contribution in [-0.4, -0.2) is 34.8 Å². The molecule has 1 atom stereocenters. The van der Waals surface area contributed by atoms with Crippen molar-refractivity contribution in [3.63, 3.8) is 0 Å². The lowest BCUT2D eigenvalue weighted by Gasteiger charge is -2.23. The van der Waals surface area contributed by atoms with Gasteiger partial charge in [-0.15, -0.1) is 0 Å². The number of rotatable bonds is 4. The van der Waals surface area contributed by atoms with Gasteiger partial charge in [0.05, 0.1) is 19.8 Å². The van der Waals surface area contributed by atoms with Gasteiger partial charge in [-0.2, -0.15) is 4.98 Å². The predicted octanol–water partition coefficient (Wildman–Crippen LogP) is 4.54. The highest BCUT2D eigenvalue weighted by atomic mass is 16.5. The quantitative estimate of drug-likeness (QED) is 0.651. The van der Waals surface area contributed by atoms with Crippen molar-refractivity contribution in [2.75, 3.05) is 19.8 Å². The summed E-state index contributed by atoms with van der Waals surface area (Å²) in [5.41, 5.74) is 3.45. The van der Waals surface area contributed by atoms with Crippen LogP contribution in [0, 0.1) is 6.92 Å². The lowest BCUT2D eigenvalue weighted by molar-refractivity contribution is 0.212. The maximum atomic E-state index is 5.88. The summed E-state index contributed by atoms with van der Waals surface area (Å²) in [5, 5.41) is 4.17. The Morgan fingerprint density at radius 2 is 1.83 bits per heavy atom. The van der Waals surface area contributed by atoms with Crippen molar-refractivity contribution < 1.29 is 14.0 Å². The van der Waals surface area contributed by atoms with Gasteiger partial charge in [-0.3, -0.25) is 4.90 Å². The molecule has 29 heavy (non-hydrogen) atoms. The van der Waals surface area contributed by atoms with Gasteiger partial charge >= 0.3 is 0 Å². The van der Waals surface area contributed by atoms with Crippen LogP contribution in [0.15, 0.2) is 47.0 Å². The molecule has 0 unspecified atom stereocenters. The molecule has 0 aliphatic carbocycles. The third kappa shape index (κ3) is 3.85. The number of aryl methyl sites for hydroxylation is 1. The summed E-state index contributed by atoms with van der Waals surface area (Å²) in [7, 11) is 0. The zero-order valence-electron chi connectivity index (χ0n) is 16.6. The molecule has 1 aromatic heterocycles. The molecule has 1 saturated heterocycles. The van der Waals surface area contributed by atoms with Gasteiger partial charge in [-0.25, -0.2) is 0 Å². The van der Waals surface area contributed by atoms with Crippen molar-refractivity contribution in [3.8, 4) is 22.9 Å². The van der Waals surface area contributed by atoms with E-state index in [2.05, 4.69) is 46.2 Å². The Kier molecular flexibility index (Phi) is 4.94. The van der Waals surface area contributed by atoms with Crippen molar-refractivity contribution >= 4 is 0 Å². The molecule has 0 spiro atoms. The molecule has 0 N–H and O–H groups in total. The maximum Gasteiger partial charge on any atom is 0.241 e. The van der Waals surface area contributed by atoms with Crippen LogP contribution in [0.25, 0.3) is 11.4 Å². The average molecular weight is 391 g/mol. The summed E-state index contributed by atoms with van der Waals surface area (Å²) in [6.45, 7) is 5.15. The Hall–Kier alpha value is -2.86. The molecule has 0 saturated carbocycles. The molecular weight excluding hydrogens is 366 g/mol. The smallest absolute Gasteiger partial charge is 0.241 e. The van der Waals surface area contributed by atoms with Gasteiger partial charge in [0, 0.05) is 18.0 Å². The molecule has 6 nitrogen and oxygen atoms in total. The standard InChI is InChI=1S/C23H25N3O3/c1-16-5-7-17(8-6-16)23-24-22(29-25-23)15-26-11-2-4-19(26)18-9-10-20-21(14-18)28-13-3-12-27-20/h5-10,14,19H,2-4,11-13,15H2,1H3/t19-/m0/s1. The van der Waals surface area contributed by atoms with E-state index in [4.69, 9.17) is 14.0 Å². The number of ether oxygens (including phenoxy) is 2. The Morgan fingerprint density at radius 1 is 1.00 bits per heavy atom. The fourth-order valence-corrected chi connectivity index (χ4v) is 4.09. The third-order valence-corrected chi connectivity index (χ3v) is 5.64. The normalized spacial score (nSPS) is 19.3. The molecule has 0 radical (unpaired) electrons. The van der Waals surface area contributed by atoms with Gasteiger partial charge in [0.25, 0.3) is 0 Å². The molecule has 1 fully saturated rings. The highest BCUT2D eigenvalue weighted by Crippen LogP contribution is 2.38. The molecule has 3 heterocycles.